The Hall–Kier alpha value is -1.55. The summed E-state index contributed by atoms with van der Waals surface area (Å²) in [7, 11) is 0. The number of hydrogen-bond donors (Lipinski definition) is 2. The van der Waals surface area contributed by atoms with Gasteiger partial charge in [-0.25, -0.2) is 0 Å². The summed E-state index contributed by atoms with van der Waals surface area (Å²) in [5.74, 6) is 0.0589. The first-order valence-electron chi connectivity index (χ1n) is 7.79. The minimum atomic E-state index is -0.646. The molecule has 0 aromatic heterocycles. The molecule has 1 saturated heterocycles. The first-order valence-corrected chi connectivity index (χ1v) is 7.79. The van der Waals surface area contributed by atoms with Crippen LogP contribution in [0.25, 0.3) is 0 Å². The van der Waals surface area contributed by atoms with Gasteiger partial charge in [0, 0.05) is 25.3 Å². The molecule has 4 nitrogen and oxygen atoms in total. The summed E-state index contributed by atoms with van der Waals surface area (Å²) < 4.78 is 0. The van der Waals surface area contributed by atoms with Gasteiger partial charge in [0.15, 0.2) is 0 Å². The average molecular weight is 290 g/mol. The van der Waals surface area contributed by atoms with Gasteiger partial charge in [-0.1, -0.05) is 6.07 Å². The normalized spacial score (nSPS) is 22.8. The first kappa shape index (κ1) is 15.8. The lowest BCUT2D eigenvalue weighted by atomic mass is 9.98. The van der Waals surface area contributed by atoms with E-state index in [1.807, 2.05) is 43.9 Å². The number of anilines is 1. The SMILES string of the molecule is CCNc1cc(C)ccc1C(=O)N1CCCC(C)(O)CC1. The average Bonchev–Trinajstić information content (AvgIpc) is 2.60. The molecule has 4 heteroatoms. The quantitative estimate of drug-likeness (QED) is 0.900. The van der Waals surface area contributed by atoms with E-state index in [2.05, 4.69) is 5.32 Å². The van der Waals surface area contributed by atoms with E-state index in [4.69, 9.17) is 0 Å². The number of rotatable bonds is 3. The number of benzene rings is 1. The fourth-order valence-corrected chi connectivity index (χ4v) is 2.82. The molecular formula is C17H26N2O2. The van der Waals surface area contributed by atoms with Crippen LogP contribution in [0.15, 0.2) is 18.2 Å². The molecule has 0 aliphatic carbocycles. The maximum absolute atomic E-state index is 12.8. The van der Waals surface area contributed by atoms with Crippen molar-refractivity contribution in [2.45, 2.75) is 45.6 Å². The van der Waals surface area contributed by atoms with Crippen molar-refractivity contribution in [3.8, 4) is 0 Å². The highest BCUT2D eigenvalue weighted by molar-refractivity contribution is 5.99. The van der Waals surface area contributed by atoms with E-state index in [1.165, 1.54) is 0 Å². The van der Waals surface area contributed by atoms with Gasteiger partial charge in [-0.2, -0.15) is 0 Å². The Morgan fingerprint density at radius 2 is 2.14 bits per heavy atom. The standard InChI is InChI=1S/C17H26N2O2/c1-4-18-15-12-13(2)6-7-14(15)16(20)19-10-5-8-17(3,21)9-11-19/h6-7,12,18,21H,4-5,8-11H2,1-3H3. The van der Waals surface area contributed by atoms with Gasteiger partial charge in [0.1, 0.15) is 0 Å². The van der Waals surface area contributed by atoms with Crippen LogP contribution in [0.2, 0.25) is 0 Å². The van der Waals surface area contributed by atoms with Crippen molar-refractivity contribution in [2.24, 2.45) is 0 Å². The molecule has 0 bridgehead atoms. The fraction of sp³-hybridized carbons (Fsp3) is 0.588. The molecule has 1 amide bonds. The molecule has 1 atom stereocenters. The van der Waals surface area contributed by atoms with Gasteiger partial charge in [0.2, 0.25) is 0 Å². The summed E-state index contributed by atoms with van der Waals surface area (Å²) in [4.78, 5) is 14.6. The third-order valence-corrected chi connectivity index (χ3v) is 4.12. The lowest BCUT2D eigenvalue weighted by Crippen LogP contribution is -2.34. The number of nitrogens with zero attached hydrogens (tertiary/aromatic N) is 1. The largest absolute Gasteiger partial charge is 0.390 e. The summed E-state index contributed by atoms with van der Waals surface area (Å²) >= 11 is 0. The zero-order valence-corrected chi connectivity index (χ0v) is 13.3. The maximum Gasteiger partial charge on any atom is 0.255 e. The molecule has 116 valence electrons. The van der Waals surface area contributed by atoms with E-state index in [9.17, 15) is 9.90 Å². The van der Waals surface area contributed by atoms with Gasteiger partial charge in [0.25, 0.3) is 5.91 Å². The van der Waals surface area contributed by atoms with Crippen LogP contribution in [0.1, 0.15) is 49.0 Å². The van der Waals surface area contributed by atoms with E-state index < -0.39 is 5.60 Å². The monoisotopic (exact) mass is 290 g/mol. The predicted octanol–water partition coefficient (Wildman–Crippen LogP) is 2.80. The molecule has 0 spiro atoms. The summed E-state index contributed by atoms with van der Waals surface area (Å²) in [6, 6.07) is 5.89. The predicted molar refractivity (Wildman–Crippen MR) is 85.7 cm³/mol. The lowest BCUT2D eigenvalue weighted by molar-refractivity contribution is 0.0438. The molecule has 21 heavy (non-hydrogen) atoms. The van der Waals surface area contributed by atoms with Crippen molar-refractivity contribution in [3.63, 3.8) is 0 Å². The number of amides is 1. The van der Waals surface area contributed by atoms with Crippen LogP contribution in [-0.4, -0.2) is 41.1 Å². The van der Waals surface area contributed by atoms with Crippen LogP contribution >= 0.6 is 0 Å². The van der Waals surface area contributed by atoms with Gasteiger partial charge >= 0.3 is 0 Å². The molecule has 1 aliphatic rings. The Kier molecular flexibility index (Phi) is 4.88. The van der Waals surface area contributed by atoms with Crippen LogP contribution in [0.3, 0.4) is 0 Å². The highest BCUT2D eigenvalue weighted by Gasteiger charge is 2.28. The highest BCUT2D eigenvalue weighted by atomic mass is 16.3. The molecule has 1 aromatic rings. The Morgan fingerprint density at radius 1 is 1.38 bits per heavy atom. The van der Waals surface area contributed by atoms with Crippen LogP contribution < -0.4 is 5.32 Å². The number of aryl methyl sites for hydroxylation is 1. The molecule has 0 saturated carbocycles. The molecule has 1 aromatic carbocycles. The van der Waals surface area contributed by atoms with E-state index in [1.54, 1.807) is 0 Å². The number of nitrogens with one attached hydrogen (secondary N) is 1. The second-order valence-corrected chi connectivity index (χ2v) is 6.22. The number of aliphatic hydroxyl groups is 1. The summed E-state index contributed by atoms with van der Waals surface area (Å²) in [6.45, 7) is 8.03. The van der Waals surface area contributed by atoms with Crippen molar-refractivity contribution in [2.75, 3.05) is 25.0 Å². The minimum Gasteiger partial charge on any atom is -0.390 e. The zero-order valence-electron chi connectivity index (χ0n) is 13.3. The molecule has 1 aliphatic heterocycles. The van der Waals surface area contributed by atoms with Crippen LogP contribution in [0, 0.1) is 6.92 Å². The molecular weight excluding hydrogens is 264 g/mol. The highest BCUT2D eigenvalue weighted by Crippen LogP contribution is 2.25. The molecule has 2 N–H and O–H groups in total. The van der Waals surface area contributed by atoms with E-state index >= 15 is 0 Å². The van der Waals surface area contributed by atoms with Crippen LogP contribution in [0.5, 0.6) is 0 Å². The second kappa shape index (κ2) is 6.48. The van der Waals surface area contributed by atoms with Gasteiger partial charge in [-0.05, 0) is 57.7 Å². The van der Waals surface area contributed by atoms with E-state index in [-0.39, 0.29) is 5.91 Å². The van der Waals surface area contributed by atoms with E-state index in [0.29, 0.717) is 19.5 Å². The maximum atomic E-state index is 12.8. The Labute approximate surface area is 127 Å². The molecule has 1 heterocycles. The molecule has 2 rings (SSSR count). The zero-order chi connectivity index (χ0) is 15.5. The Bertz CT molecular complexity index is 512. The number of carbonyl (C=O) groups is 1. The van der Waals surface area contributed by atoms with Gasteiger partial charge in [-0.3, -0.25) is 4.79 Å². The van der Waals surface area contributed by atoms with Crippen molar-refractivity contribution < 1.29 is 9.90 Å². The molecule has 1 unspecified atom stereocenters. The first-order chi connectivity index (χ1) is 9.93. The third-order valence-electron chi connectivity index (χ3n) is 4.12. The van der Waals surface area contributed by atoms with Crippen molar-refractivity contribution in [3.05, 3.63) is 29.3 Å². The summed E-state index contributed by atoms with van der Waals surface area (Å²) in [6.07, 6.45) is 2.24. The number of carbonyl (C=O) groups excluding carboxylic acids is 1. The minimum absolute atomic E-state index is 0.0589. The number of hydrogen-bond acceptors (Lipinski definition) is 3. The summed E-state index contributed by atoms with van der Waals surface area (Å²) in [5, 5.41) is 13.4. The van der Waals surface area contributed by atoms with Gasteiger partial charge in [0.05, 0.1) is 11.2 Å². The Balaban J connectivity index is 2.19. The summed E-state index contributed by atoms with van der Waals surface area (Å²) in [5.41, 5.74) is 2.12. The topological polar surface area (TPSA) is 52.6 Å². The van der Waals surface area contributed by atoms with E-state index in [0.717, 1.165) is 36.2 Å². The fourth-order valence-electron chi connectivity index (χ4n) is 2.82. The molecule has 1 fully saturated rings. The van der Waals surface area contributed by atoms with Crippen molar-refractivity contribution in [1.82, 2.24) is 4.90 Å². The lowest BCUT2D eigenvalue weighted by Gasteiger charge is -2.23. The second-order valence-electron chi connectivity index (χ2n) is 6.22. The van der Waals surface area contributed by atoms with Crippen molar-refractivity contribution in [1.29, 1.82) is 0 Å². The number of likely N-dealkylation sites (tertiary alicyclic amines) is 1. The van der Waals surface area contributed by atoms with Gasteiger partial charge < -0.3 is 15.3 Å². The van der Waals surface area contributed by atoms with Gasteiger partial charge in [-0.15, -0.1) is 0 Å². The molecule has 0 radical (unpaired) electrons. The van der Waals surface area contributed by atoms with Crippen LogP contribution in [-0.2, 0) is 0 Å². The Morgan fingerprint density at radius 3 is 2.86 bits per heavy atom. The van der Waals surface area contributed by atoms with Crippen molar-refractivity contribution >= 4 is 11.6 Å². The van der Waals surface area contributed by atoms with Crippen LogP contribution in [0.4, 0.5) is 5.69 Å². The third kappa shape index (κ3) is 3.97. The smallest absolute Gasteiger partial charge is 0.255 e.